The predicted octanol–water partition coefficient (Wildman–Crippen LogP) is 5.04. The molecule has 0 aliphatic carbocycles. The summed E-state index contributed by atoms with van der Waals surface area (Å²) in [6.07, 6.45) is 6.94. The second-order valence-corrected chi connectivity index (χ2v) is 10.9. The Kier molecular flexibility index (Phi) is 7.36. The number of imidazole rings is 1. The average Bonchev–Trinajstić information content (AvgIpc) is 3.47. The summed E-state index contributed by atoms with van der Waals surface area (Å²) < 4.78 is 1.98. The largest absolute Gasteiger partial charge is 0.383 e. The smallest absolute Gasteiger partial charge is 0.232 e. The number of hydrogen-bond donors (Lipinski definition) is 1. The second kappa shape index (κ2) is 11.9. The lowest BCUT2D eigenvalue weighted by Gasteiger charge is -2.31. The number of piperidine rings is 1. The van der Waals surface area contributed by atoms with Crippen LogP contribution in [0.25, 0.3) is 39.6 Å². The van der Waals surface area contributed by atoms with Gasteiger partial charge in [-0.15, -0.1) is 0 Å². The van der Waals surface area contributed by atoms with Crippen molar-refractivity contribution in [1.82, 2.24) is 39.4 Å². The number of nitrogens with two attached hydrogens (primary N) is 1. The first-order chi connectivity index (χ1) is 22.1. The van der Waals surface area contributed by atoms with E-state index in [1.165, 1.54) is 5.56 Å². The monoisotopic (exact) mass is 589 g/mol. The van der Waals surface area contributed by atoms with Gasteiger partial charge in [0, 0.05) is 42.4 Å². The highest BCUT2D eigenvalue weighted by Gasteiger charge is 2.23. The van der Waals surface area contributed by atoms with Crippen LogP contribution in [0.2, 0.25) is 0 Å². The molecule has 1 aliphatic rings. The minimum Gasteiger partial charge on any atom is -0.383 e. The van der Waals surface area contributed by atoms with Crippen molar-refractivity contribution in [3.63, 3.8) is 0 Å². The maximum atomic E-state index is 9.66. The molecule has 0 unspecified atom stereocenters. The first-order valence-corrected chi connectivity index (χ1v) is 14.6. The molecule has 0 saturated carbocycles. The molecule has 6 heterocycles. The van der Waals surface area contributed by atoms with E-state index in [2.05, 4.69) is 55.2 Å². The average molecular weight is 590 g/mol. The molecule has 7 rings (SSSR count). The molecule has 0 atom stereocenters. The van der Waals surface area contributed by atoms with E-state index in [0.29, 0.717) is 51.2 Å². The van der Waals surface area contributed by atoms with Crippen LogP contribution in [0.4, 0.5) is 5.82 Å². The topological polar surface area (TPSA) is 159 Å². The van der Waals surface area contributed by atoms with Crippen molar-refractivity contribution >= 4 is 17.0 Å². The Hall–Kier alpha value is -6.04. The van der Waals surface area contributed by atoms with Crippen molar-refractivity contribution in [2.24, 2.45) is 0 Å². The summed E-state index contributed by atoms with van der Waals surface area (Å²) in [6, 6.07) is 25.5. The standard InChI is InChI=1S/C34H27N11/c35-19-24-3-1-14-39-31(24)28-9-10-29-34(42-28)45(33(43-29)26-4-2-15-40-32(26)37)25-7-5-22(6-8-25)21-44-17-12-23(13-18-44)27-11-16-38-30(20-36)41-27/h1-11,14-16,23H,12-13,17-18,21H2,(H2,37,40). The van der Waals surface area contributed by atoms with Crippen molar-refractivity contribution in [1.29, 1.82) is 10.5 Å². The summed E-state index contributed by atoms with van der Waals surface area (Å²) in [6.45, 7) is 2.71. The number of nitrogen functional groups attached to an aromatic ring is 1. The van der Waals surface area contributed by atoms with Crippen LogP contribution < -0.4 is 5.73 Å². The van der Waals surface area contributed by atoms with Crippen molar-refractivity contribution in [2.75, 3.05) is 18.8 Å². The Labute approximate surface area is 259 Å². The highest BCUT2D eigenvalue weighted by molar-refractivity contribution is 5.84. The van der Waals surface area contributed by atoms with Crippen LogP contribution in [-0.2, 0) is 6.54 Å². The van der Waals surface area contributed by atoms with E-state index in [1.807, 2.05) is 41.0 Å². The van der Waals surface area contributed by atoms with E-state index < -0.39 is 0 Å². The predicted molar refractivity (Wildman–Crippen MR) is 168 cm³/mol. The zero-order valence-electron chi connectivity index (χ0n) is 24.2. The van der Waals surface area contributed by atoms with Gasteiger partial charge in [-0.25, -0.2) is 24.9 Å². The molecule has 0 amide bonds. The molecule has 2 N–H and O–H groups in total. The number of pyridine rings is 3. The lowest BCUT2D eigenvalue weighted by molar-refractivity contribution is 0.203. The summed E-state index contributed by atoms with van der Waals surface area (Å²) in [4.78, 5) is 29.5. The number of nitrogens with zero attached hydrogens (tertiary/aromatic N) is 10. The fraction of sp³-hybridized carbons (Fsp3) is 0.176. The molecular weight excluding hydrogens is 562 g/mol. The SMILES string of the molecule is N#Cc1nccc(C2CCN(Cc3ccc(-n4c(-c5cccnc5N)nc5ccc(-c6ncccc6C#N)nc54)cc3)CC2)n1. The first kappa shape index (κ1) is 27.8. The number of hydrogen-bond acceptors (Lipinski definition) is 10. The highest BCUT2D eigenvalue weighted by atomic mass is 15.1. The molecule has 11 heteroatoms. The summed E-state index contributed by atoms with van der Waals surface area (Å²) in [7, 11) is 0. The van der Waals surface area contributed by atoms with Gasteiger partial charge >= 0.3 is 0 Å². The van der Waals surface area contributed by atoms with Crippen molar-refractivity contribution in [3.05, 3.63) is 108 Å². The minimum absolute atomic E-state index is 0.227. The van der Waals surface area contributed by atoms with Crippen LogP contribution in [0.5, 0.6) is 0 Å². The number of rotatable bonds is 6. The quantitative estimate of drug-likeness (QED) is 0.279. The van der Waals surface area contributed by atoms with E-state index in [0.717, 1.165) is 43.9 Å². The molecule has 218 valence electrons. The van der Waals surface area contributed by atoms with Gasteiger partial charge in [0.25, 0.3) is 0 Å². The molecule has 1 fully saturated rings. The fourth-order valence-electron chi connectivity index (χ4n) is 5.87. The summed E-state index contributed by atoms with van der Waals surface area (Å²) in [5, 5.41) is 18.8. The van der Waals surface area contributed by atoms with Gasteiger partial charge in [-0.1, -0.05) is 12.1 Å². The van der Waals surface area contributed by atoms with Gasteiger partial charge in [-0.3, -0.25) is 14.5 Å². The molecular formula is C34H27N11. The van der Waals surface area contributed by atoms with Crippen LogP contribution in [0.1, 0.15) is 41.4 Å². The van der Waals surface area contributed by atoms with Crippen LogP contribution in [-0.4, -0.2) is 52.5 Å². The lowest BCUT2D eigenvalue weighted by Crippen LogP contribution is -2.32. The molecule has 45 heavy (non-hydrogen) atoms. The Morgan fingerprint density at radius 2 is 1.60 bits per heavy atom. The van der Waals surface area contributed by atoms with E-state index in [4.69, 9.17) is 21.0 Å². The number of aromatic nitrogens is 7. The van der Waals surface area contributed by atoms with Crippen LogP contribution >= 0.6 is 0 Å². The van der Waals surface area contributed by atoms with E-state index in [9.17, 15) is 5.26 Å². The summed E-state index contributed by atoms with van der Waals surface area (Å²) in [5.41, 5.74) is 12.9. The molecule has 0 spiro atoms. The van der Waals surface area contributed by atoms with Crippen molar-refractivity contribution in [2.45, 2.75) is 25.3 Å². The molecule has 6 aromatic rings. The third-order valence-corrected chi connectivity index (χ3v) is 8.14. The molecule has 1 aliphatic heterocycles. The molecule has 5 aromatic heterocycles. The van der Waals surface area contributed by atoms with Crippen LogP contribution in [0.3, 0.4) is 0 Å². The number of anilines is 1. The Bertz CT molecular complexity index is 2100. The molecule has 0 radical (unpaired) electrons. The third-order valence-electron chi connectivity index (χ3n) is 8.14. The molecule has 1 aromatic carbocycles. The number of fused-ring (bicyclic) bond motifs is 1. The normalized spacial score (nSPS) is 13.8. The van der Waals surface area contributed by atoms with Gasteiger partial charge in [-0.05, 0) is 86.1 Å². The van der Waals surface area contributed by atoms with Gasteiger partial charge in [0.2, 0.25) is 5.82 Å². The molecule has 0 bridgehead atoms. The third kappa shape index (κ3) is 5.44. The van der Waals surface area contributed by atoms with Crippen molar-refractivity contribution in [3.8, 4) is 40.6 Å². The van der Waals surface area contributed by atoms with Gasteiger partial charge < -0.3 is 5.73 Å². The Morgan fingerprint density at radius 1 is 0.800 bits per heavy atom. The zero-order valence-corrected chi connectivity index (χ0v) is 24.2. The molecule has 1 saturated heterocycles. The number of benzene rings is 1. The highest BCUT2D eigenvalue weighted by Crippen LogP contribution is 2.32. The second-order valence-electron chi connectivity index (χ2n) is 10.9. The minimum atomic E-state index is 0.227. The van der Waals surface area contributed by atoms with E-state index in [1.54, 1.807) is 30.7 Å². The Balaban J connectivity index is 1.19. The number of nitriles is 2. The van der Waals surface area contributed by atoms with Gasteiger partial charge in [0.1, 0.15) is 29.2 Å². The van der Waals surface area contributed by atoms with Crippen molar-refractivity contribution < 1.29 is 0 Å². The zero-order chi connectivity index (χ0) is 30.8. The maximum absolute atomic E-state index is 9.66. The lowest BCUT2D eigenvalue weighted by atomic mass is 9.93. The van der Waals surface area contributed by atoms with Crippen LogP contribution in [0.15, 0.2) is 85.3 Å². The van der Waals surface area contributed by atoms with Gasteiger partial charge in [0.15, 0.2) is 11.5 Å². The fourth-order valence-corrected chi connectivity index (χ4v) is 5.87. The van der Waals surface area contributed by atoms with Gasteiger partial charge in [0.05, 0.1) is 16.8 Å². The van der Waals surface area contributed by atoms with Gasteiger partial charge in [-0.2, -0.15) is 10.5 Å². The first-order valence-electron chi connectivity index (χ1n) is 14.6. The van der Waals surface area contributed by atoms with Crippen LogP contribution in [0, 0.1) is 22.7 Å². The molecule has 11 nitrogen and oxygen atoms in total. The van der Waals surface area contributed by atoms with E-state index in [-0.39, 0.29) is 5.82 Å². The summed E-state index contributed by atoms with van der Waals surface area (Å²) in [5.74, 6) is 1.56. The number of likely N-dealkylation sites (tertiary alicyclic amines) is 1. The maximum Gasteiger partial charge on any atom is 0.232 e. The van der Waals surface area contributed by atoms with E-state index >= 15 is 0 Å². The summed E-state index contributed by atoms with van der Waals surface area (Å²) >= 11 is 0. The Morgan fingerprint density at radius 3 is 2.38 bits per heavy atom.